The number of phenolic OH excluding ortho intramolecular Hbond substituents is 1. The monoisotopic (exact) mass is 877 g/mol. The van der Waals surface area contributed by atoms with E-state index in [4.69, 9.17) is 0 Å². The van der Waals surface area contributed by atoms with Gasteiger partial charge in [0.15, 0.2) is 5.13 Å². The van der Waals surface area contributed by atoms with Crippen molar-refractivity contribution in [3.05, 3.63) is 99.8 Å². The molecule has 0 radical (unpaired) electrons. The Morgan fingerprint density at radius 3 is 2.49 bits per heavy atom. The Bertz CT molecular complexity index is 2450. The van der Waals surface area contributed by atoms with Gasteiger partial charge in [0.2, 0.25) is 17.7 Å². The summed E-state index contributed by atoms with van der Waals surface area (Å²) < 4.78 is 14.4. The van der Waals surface area contributed by atoms with Crippen LogP contribution in [0.15, 0.2) is 66.2 Å². The van der Waals surface area contributed by atoms with Crippen LogP contribution in [0.3, 0.4) is 0 Å². The van der Waals surface area contributed by atoms with Crippen LogP contribution in [0, 0.1) is 5.82 Å². The van der Waals surface area contributed by atoms with Crippen molar-refractivity contribution in [3.8, 4) is 5.75 Å². The van der Waals surface area contributed by atoms with Crippen LogP contribution in [-0.4, -0.2) is 123 Å². The molecule has 328 valence electrons. The molecule has 3 saturated heterocycles. The first-order chi connectivity index (χ1) is 30.5. The average Bonchev–Trinajstić information content (AvgIpc) is 4.01. The van der Waals surface area contributed by atoms with Gasteiger partial charge in [0.05, 0.1) is 0 Å². The number of benzene rings is 3. The number of piperidine rings is 2. The van der Waals surface area contributed by atoms with E-state index in [-0.39, 0.29) is 54.5 Å². The molecule has 2 atom stereocenters. The molecule has 5 aliphatic heterocycles. The molecule has 3 fully saturated rings. The zero-order chi connectivity index (χ0) is 43.8. The summed E-state index contributed by atoms with van der Waals surface area (Å²) in [6, 6.07) is 13.0. The minimum absolute atomic E-state index is 0.0131. The maximum Gasteiger partial charge on any atom is 0.255 e. The Kier molecular flexibility index (Phi) is 11.8. The molecule has 9 rings (SSSR count). The maximum atomic E-state index is 14.4. The van der Waals surface area contributed by atoms with Crippen LogP contribution in [0.25, 0.3) is 0 Å². The highest BCUT2D eigenvalue weighted by Crippen LogP contribution is 2.38. The van der Waals surface area contributed by atoms with Crippen molar-refractivity contribution in [2.75, 3.05) is 61.3 Å². The lowest BCUT2D eigenvalue weighted by Gasteiger charge is -2.43. The van der Waals surface area contributed by atoms with Gasteiger partial charge in [-0.25, -0.2) is 9.37 Å². The van der Waals surface area contributed by atoms with Gasteiger partial charge in [0.25, 0.3) is 17.7 Å². The quantitative estimate of drug-likeness (QED) is 0.119. The maximum absolute atomic E-state index is 14.4. The molecule has 18 heteroatoms. The highest BCUT2D eigenvalue weighted by molar-refractivity contribution is 7.13. The molecular formula is C45H48FN9O7S. The van der Waals surface area contributed by atoms with Crippen molar-refractivity contribution >= 4 is 63.3 Å². The fourth-order valence-electron chi connectivity index (χ4n) is 9.57. The number of rotatable bonds is 12. The predicted octanol–water partition coefficient (Wildman–Crippen LogP) is 4.09. The number of nitrogens with zero attached hydrogens (tertiary/aromatic N) is 6. The lowest BCUT2D eigenvalue weighted by atomic mass is 10.0. The predicted molar refractivity (Wildman–Crippen MR) is 231 cm³/mol. The number of amides is 6. The van der Waals surface area contributed by atoms with Gasteiger partial charge < -0.3 is 30.0 Å². The number of fused-ring (bicyclic) bond motifs is 2. The first-order valence-corrected chi connectivity index (χ1v) is 22.3. The van der Waals surface area contributed by atoms with Crippen molar-refractivity contribution in [2.45, 2.75) is 69.7 Å². The average molecular weight is 878 g/mol. The molecule has 6 amide bonds. The molecule has 0 aliphatic carbocycles. The minimum atomic E-state index is -1.30. The van der Waals surface area contributed by atoms with Crippen molar-refractivity contribution in [1.82, 2.24) is 29.9 Å². The fraction of sp³-hybridized carbons (Fsp3) is 0.400. The summed E-state index contributed by atoms with van der Waals surface area (Å²) in [5, 5.41) is 21.2. The van der Waals surface area contributed by atoms with Crippen molar-refractivity contribution < 1.29 is 38.3 Å². The van der Waals surface area contributed by atoms with Gasteiger partial charge in [0.1, 0.15) is 23.7 Å². The van der Waals surface area contributed by atoms with E-state index in [0.29, 0.717) is 61.2 Å². The number of aromatic nitrogens is 1. The van der Waals surface area contributed by atoms with E-state index in [9.17, 15) is 38.3 Å². The van der Waals surface area contributed by atoms with Gasteiger partial charge in [-0.05, 0) is 73.7 Å². The molecule has 4 aromatic rings. The number of carbonyl (C=O) groups is 6. The van der Waals surface area contributed by atoms with E-state index >= 15 is 0 Å². The number of anilines is 3. The number of phenols is 1. The zero-order valence-corrected chi connectivity index (χ0v) is 35.4. The summed E-state index contributed by atoms with van der Waals surface area (Å²) >= 11 is 1.21. The third-order valence-corrected chi connectivity index (χ3v) is 13.6. The van der Waals surface area contributed by atoms with Gasteiger partial charge in [-0.3, -0.25) is 44.3 Å². The summed E-state index contributed by atoms with van der Waals surface area (Å²) in [7, 11) is 0. The molecule has 0 saturated carbocycles. The number of nitrogens with one attached hydrogen (secondary N) is 3. The largest absolute Gasteiger partial charge is 0.508 e. The number of hydrogen-bond donors (Lipinski definition) is 4. The molecule has 3 aromatic carbocycles. The molecule has 2 unspecified atom stereocenters. The first kappa shape index (κ1) is 41.9. The second-order valence-corrected chi connectivity index (χ2v) is 17.5. The first-order valence-electron chi connectivity index (χ1n) is 21.4. The number of thiazole rings is 1. The van der Waals surface area contributed by atoms with Crippen LogP contribution in [0.5, 0.6) is 5.75 Å². The van der Waals surface area contributed by atoms with E-state index in [2.05, 4.69) is 30.7 Å². The van der Waals surface area contributed by atoms with E-state index < -0.39 is 29.7 Å². The van der Waals surface area contributed by atoms with Crippen LogP contribution in [0.1, 0.15) is 82.0 Å². The topological polar surface area (TPSA) is 188 Å². The molecule has 6 heterocycles. The van der Waals surface area contributed by atoms with E-state index in [1.165, 1.54) is 33.4 Å². The Morgan fingerprint density at radius 1 is 0.921 bits per heavy atom. The molecule has 0 spiro atoms. The summed E-state index contributed by atoms with van der Waals surface area (Å²) in [6.07, 6.45) is 4.92. The zero-order valence-electron chi connectivity index (χ0n) is 34.6. The summed E-state index contributed by atoms with van der Waals surface area (Å²) in [5.41, 5.74) is 4.27. The Labute approximate surface area is 367 Å². The minimum Gasteiger partial charge on any atom is -0.508 e. The highest BCUT2D eigenvalue weighted by atomic mass is 32.1. The van der Waals surface area contributed by atoms with Gasteiger partial charge in [-0.1, -0.05) is 12.1 Å². The fourth-order valence-corrected chi connectivity index (χ4v) is 10.1. The summed E-state index contributed by atoms with van der Waals surface area (Å²) in [5.74, 6) is -2.79. The SMILES string of the molecule is O=C1CCC(N2Cc3c(NCCCC(=O)N4CCN(C5CCN(c6ccc7c(c6)C(=O)N(C(C(=O)Nc6nccs6)c6cc(F)ccc6O)C7)CC5)CC4)cccc3C2=O)C(=O)N1. The normalized spacial score (nSPS) is 19.9. The summed E-state index contributed by atoms with van der Waals surface area (Å²) in [6.45, 7) is 5.44. The number of piperazine rings is 1. The standard InChI is InChI=1S/C45H48FN9O7S/c46-28-7-10-37(56)33(23-28)40(42(60)50-45-48-15-22-63-45)55-25-27-6-8-30(24-32(27)44(55)62)51-16-12-29(13-17-51)52-18-20-53(21-19-52)39(58)5-2-14-47-35-4-1-3-31-34(35)26-54(43(31)61)36-9-11-38(57)49-41(36)59/h1,3-4,6-8,10,15,22-24,29,36,40,47,56H,2,5,9,11-14,16-21,25-26H2,(H,48,50,60)(H,49,57,59). The van der Waals surface area contributed by atoms with Gasteiger partial charge in [0, 0.05) is 123 Å². The molecular weight excluding hydrogens is 830 g/mol. The molecule has 16 nitrogen and oxygen atoms in total. The number of halogens is 1. The third kappa shape index (κ3) is 8.56. The van der Waals surface area contributed by atoms with Crippen molar-refractivity contribution in [3.63, 3.8) is 0 Å². The van der Waals surface area contributed by atoms with Crippen LogP contribution in [0.4, 0.5) is 20.9 Å². The van der Waals surface area contributed by atoms with Crippen LogP contribution >= 0.6 is 11.3 Å². The lowest BCUT2D eigenvalue weighted by Crippen LogP contribution is -2.54. The van der Waals surface area contributed by atoms with Crippen molar-refractivity contribution in [2.24, 2.45) is 0 Å². The van der Waals surface area contributed by atoms with E-state index in [1.807, 2.05) is 35.2 Å². The highest BCUT2D eigenvalue weighted by Gasteiger charge is 2.41. The Morgan fingerprint density at radius 2 is 1.73 bits per heavy atom. The molecule has 4 N–H and O–H groups in total. The third-order valence-electron chi connectivity index (χ3n) is 12.9. The van der Waals surface area contributed by atoms with E-state index in [0.717, 1.165) is 73.7 Å². The second kappa shape index (κ2) is 17.8. The Balaban J connectivity index is 0.737. The van der Waals surface area contributed by atoms with Gasteiger partial charge in [-0.2, -0.15) is 0 Å². The lowest BCUT2D eigenvalue weighted by molar-refractivity contribution is -0.137. The molecule has 63 heavy (non-hydrogen) atoms. The van der Waals surface area contributed by atoms with Crippen LogP contribution in [-0.2, 0) is 32.3 Å². The van der Waals surface area contributed by atoms with Crippen LogP contribution in [0.2, 0.25) is 0 Å². The smallest absolute Gasteiger partial charge is 0.255 e. The van der Waals surface area contributed by atoms with Gasteiger partial charge in [-0.15, -0.1) is 11.3 Å². The molecule has 1 aromatic heterocycles. The Hall–Kier alpha value is -6.40. The summed E-state index contributed by atoms with van der Waals surface area (Å²) in [4.78, 5) is 91.9. The number of carbonyl (C=O) groups excluding carboxylic acids is 6. The van der Waals surface area contributed by atoms with Crippen molar-refractivity contribution in [1.29, 1.82) is 0 Å². The number of aromatic hydroxyl groups is 1. The molecule has 5 aliphatic rings. The molecule has 0 bridgehead atoms. The number of imide groups is 1. The second-order valence-electron chi connectivity index (χ2n) is 16.6. The van der Waals surface area contributed by atoms with Gasteiger partial charge >= 0.3 is 0 Å². The van der Waals surface area contributed by atoms with Crippen LogP contribution < -0.4 is 20.9 Å². The van der Waals surface area contributed by atoms with E-state index in [1.54, 1.807) is 11.4 Å². The number of hydrogen-bond acceptors (Lipinski definition) is 12.